The SMILES string of the molecule is CN1CCC[C@@H](c2nnc3n2CCN(S(=O)(=O)c2ccccc2Cl)C3)C1. The van der Waals surface area contributed by atoms with E-state index in [9.17, 15) is 8.42 Å². The van der Waals surface area contributed by atoms with E-state index in [1.54, 1.807) is 24.3 Å². The number of halogens is 1. The number of piperidine rings is 1. The van der Waals surface area contributed by atoms with Crippen molar-refractivity contribution in [2.75, 3.05) is 26.7 Å². The van der Waals surface area contributed by atoms with Gasteiger partial charge in [-0.15, -0.1) is 10.2 Å². The van der Waals surface area contributed by atoms with Gasteiger partial charge in [-0.05, 0) is 38.6 Å². The topological polar surface area (TPSA) is 71.3 Å². The maximum absolute atomic E-state index is 12.9. The van der Waals surface area contributed by atoms with Crippen LogP contribution in [0.25, 0.3) is 0 Å². The molecule has 0 radical (unpaired) electrons. The summed E-state index contributed by atoms with van der Waals surface area (Å²) >= 11 is 6.10. The van der Waals surface area contributed by atoms with E-state index in [1.165, 1.54) is 4.31 Å². The van der Waals surface area contributed by atoms with Gasteiger partial charge in [0.15, 0.2) is 0 Å². The first kappa shape index (κ1) is 17.9. The van der Waals surface area contributed by atoms with Crippen molar-refractivity contribution in [3.63, 3.8) is 0 Å². The van der Waals surface area contributed by atoms with Crippen LogP contribution in [0.4, 0.5) is 0 Å². The zero-order chi connectivity index (χ0) is 18.3. The second-order valence-electron chi connectivity index (χ2n) is 7.00. The monoisotopic (exact) mass is 395 g/mol. The summed E-state index contributed by atoms with van der Waals surface area (Å²) in [5, 5.41) is 8.93. The van der Waals surface area contributed by atoms with Gasteiger partial charge >= 0.3 is 0 Å². The molecular formula is C17H22ClN5O2S. The summed E-state index contributed by atoms with van der Waals surface area (Å²) in [4.78, 5) is 2.45. The first-order valence-electron chi connectivity index (χ1n) is 8.82. The second-order valence-corrected chi connectivity index (χ2v) is 9.31. The molecule has 0 bridgehead atoms. The summed E-state index contributed by atoms with van der Waals surface area (Å²) in [6, 6.07) is 6.55. The van der Waals surface area contributed by atoms with E-state index < -0.39 is 10.0 Å². The molecule has 1 aromatic carbocycles. The first-order valence-corrected chi connectivity index (χ1v) is 10.6. The summed E-state index contributed by atoms with van der Waals surface area (Å²) in [6.45, 7) is 3.28. The second kappa shape index (κ2) is 6.92. The average Bonchev–Trinajstić information content (AvgIpc) is 3.05. The van der Waals surface area contributed by atoms with Gasteiger partial charge in [-0.25, -0.2) is 8.42 Å². The number of benzene rings is 1. The van der Waals surface area contributed by atoms with Crippen molar-refractivity contribution in [3.8, 4) is 0 Å². The average molecular weight is 396 g/mol. The molecule has 0 spiro atoms. The van der Waals surface area contributed by atoms with Gasteiger partial charge in [-0.2, -0.15) is 4.31 Å². The maximum atomic E-state index is 12.9. The fraction of sp³-hybridized carbons (Fsp3) is 0.529. The summed E-state index contributed by atoms with van der Waals surface area (Å²) in [7, 11) is -1.53. The van der Waals surface area contributed by atoms with Crippen molar-refractivity contribution < 1.29 is 8.42 Å². The van der Waals surface area contributed by atoms with E-state index in [2.05, 4.69) is 26.7 Å². The highest BCUT2D eigenvalue weighted by atomic mass is 35.5. The third kappa shape index (κ3) is 3.15. The Morgan fingerprint density at radius 1 is 1.15 bits per heavy atom. The number of sulfonamides is 1. The normalized spacial score (nSPS) is 22.3. The maximum Gasteiger partial charge on any atom is 0.245 e. The van der Waals surface area contributed by atoms with Crippen molar-refractivity contribution in [1.82, 2.24) is 24.0 Å². The molecule has 0 N–H and O–H groups in total. The molecule has 1 atom stereocenters. The number of nitrogens with zero attached hydrogens (tertiary/aromatic N) is 5. The zero-order valence-corrected chi connectivity index (χ0v) is 16.2. The molecule has 0 unspecified atom stereocenters. The van der Waals surface area contributed by atoms with E-state index >= 15 is 0 Å². The molecule has 26 heavy (non-hydrogen) atoms. The van der Waals surface area contributed by atoms with Crippen LogP contribution in [0.3, 0.4) is 0 Å². The molecule has 0 saturated carbocycles. The Morgan fingerprint density at radius 2 is 1.96 bits per heavy atom. The molecule has 140 valence electrons. The van der Waals surface area contributed by atoms with Crippen LogP contribution in [0.1, 0.15) is 30.4 Å². The molecule has 3 heterocycles. The Bertz CT molecular complexity index is 914. The Labute approximate surface area is 158 Å². The Hall–Kier alpha value is -1.48. The predicted molar refractivity (Wildman–Crippen MR) is 98.5 cm³/mol. The van der Waals surface area contributed by atoms with Crippen LogP contribution in [0.15, 0.2) is 29.2 Å². The van der Waals surface area contributed by atoms with Gasteiger partial charge in [-0.1, -0.05) is 23.7 Å². The molecule has 7 nitrogen and oxygen atoms in total. The number of hydrogen-bond acceptors (Lipinski definition) is 5. The van der Waals surface area contributed by atoms with Crippen LogP contribution in [0.5, 0.6) is 0 Å². The van der Waals surface area contributed by atoms with Crippen LogP contribution in [0, 0.1) is 0 Å². The highest BCUT2D eigenvalue weighted by Crippen LogP contribution is 2.30. The van der Waals surface area contributed by atoms with Gasteiger partial charge in [0.05, 0.1) is 11.6 Å². The fourth-order valence-corrected chi connectivity index (χ4v) is 5.71. The molecule has 2 aliphatic rings. The molecule has 1 saturated heterocycles. The van der Waals surface area contributed by atoms with Crippen LogP contribution in [-0.2, 0) is 23.1 Å². The van der Waals surface area contributed by atoms with Crippen LogP contribution < -0.4 is 0 Å². The minimum Gasteiger partial charge on any atom is -0.312 e. The standard InChI is InChI=1S/C17H22ClN5O2S/c1-21-8-4-5-13(11-21)17-20-19-16-12-22(9-10-23(16)17)26(24,25)15-7-3-2-6-14(15)18/h2-3,6-7,13H,4-5,8-12H2,1H3/t13-/m1/s1. The van der Waals surface area contributed by atoms with Gasteiger partial charge in [0.1, 0.15) is 16.5 Å². The van der Waals surface area contributed by atoms with E-state index in [1.807, 2.05) is 0 Å². The van der Waals surface area contributed by atoms with Gasteiger partial charge in [-0.3, -0.25) is 0 Å². The Morgan fingerprint density at radius 3 is 2.73 bits per heavy atom. The smallest absolute Gasteiger partial charge is 0.245 e. The lowest BCUT2D eigenvalue weighted by Gasteiger charge is -2.31. The lowest BCUT2D eigenvalue weighted by molar-refractivity contribution is 0.239. The molecule has 1 aromatic heterocycles. The lowest BCUT2D eigenvalue weighted by Crippen LogP contribution is -2.39. The number of likely N-dealkylation sites (tertiary alicyclic amines) is 1. The largest absolute Gasteiger partial charge is 0.312 e. The lowest BCUT2D eigenvalue weighted by atomic mass is 9.97. The number of fused-ring (bicyclic) bond motifs is 1. The fourth-order valence-electron chi connectivity index (χ4n) is 3.84. The molecule has 0 aliphatic carbocycles. The van der Waals surface area contributed by atoms with Crippen LogP contribution in [-0.4, -0.2) is 59.1 Å². The Kier molecular flexibility index (Phi) is 4.77. The molecule has 2 aliphatic heterocycles. The van der Waals surface area contributed by atoms with Crippen molar-refractivity contribution in [2.45, 2.75) is 36.7 Å². The number of likely N-dealkylation sites (N-methyl/N-ethyl adjacent to an activating group) is 1. The van der Waals surface area contributed by atoms with Crippen molar-refractivity contribution in [3.05, 3.63) is 40.9 Å². The molecule has 4 rings (SSSR count). The molecule has 0 amide bonds. The van der Waals surface area contributed by atoms with Crippen molar-refractivity contribution in [2.24, 2.45) is 0 Å². The first-order chi connectivity index (χ1) is 12.5. The Balaban J connectivity index is 1.59. The third-order valence-electron chi connectivity index (χ3n) is 5.19. The van der Waals surface area contributed by atoms with E-state index in [0.717, 1.165) is 31.8 Å². The van der Waals surface area contributed by atoms with Gasteiger partial charge in [0, 0.05) is 25.6 Å². The van der Waals surface area contributed by atoms with Crippen LogP contribution in [0.2, 0.25) is 5.02 Å². The summed E-state index contributed by atoms with van der Waals surface area (Å²) in [5.41, 5.74) is 0. The van der Waals surface area contributed by atoms with Gasteiger partial charge in [0.2, 0.25) is 10.0 Å². The zero-order valence-electron chi connectivity index (χ0n) is 14.7. The van der Waals surface area contributed by atoms with Gasteiger partial charge in [0.25, 0.3) is 0 Å². The molecule has 9 heteroatoms. The van der Waals surface area contributed by atoms with E-state index in [-0.39, 0.29) is 16.5 Å². The summed E-state index contributed by atoms with van der Waals surface area (Å²) in [6.07, 6.45) is 2.25. The summed E-state index contributed by atoms with van der Waals surface area (Å²) in [5.74, 6) is 2.05. The predicted octanol–water partition coefficient (Wildman–Crippen LogP) is 1.95. The minimum absolute atomic E-state index is 0.142. The highest BCUT2D eigenvalue weighted by molar-refractivity contribution is 7.89. The summed E-state index contributed by atoms with van der Waals surface area (Å²) < 4.78 is 29.4. The molecule has 1 fully saturated rings. The molecular weight excluding hydrogens is 374 g/mol. The van der Waals surface area contributed by atoms with Crippen molar-refractivity contribution in [1.29, 1.82) is 0 Å². The number of aromatic nitrogens is 3. The third-order valence-corrected chi connectivity index (χ3v) is 7.54. The van der Waals surface area contributed by atoms with Crippen LogP contribution >= 0.6 is 11.6 Å². The molecule has 2 aromatic rings. The number of rotatable bonds is 3. The minimum atomic E-state index is -3.65. The number of hydrogen-bond donors (Lipinski definition) is 0. The quantitative estimate of drug-likeness (QED) is 0.794. The van der Waals surface area contributed by atoms with Gasteiger partial charge < -0.3 is 9.47 Å². The van der Waals surface area contributed by atoms with Crippen molar-refractivity contribution >= 4 is 21.6 Å². The van der Waals surface area contributed by atoms with E-state index in [4.69, 9.17) is 11.6 Å². The van der Waals surface area contributed by atoms with E-state index in [0.29, 0.717) is 24.8 Å². The highest BCUT2D eigenvalue weighted by Gasteiger charge is 2.33.